The van der Waals surface area contributed by atoms with Crippen LogP contribution in [-0.4, -0.2) is 17.6 Å². The summed E-state index contributed by atoms with van der Waals surface area (Å²) in [7, 11) is 0. The van der Waals surface area contributed by atoms with Gasteiger partial charge in [-0.2, -0.15) is 0 Å². The molecule has 70 valence electrons. The summed E-state index contributed by atoms with van der Waals surface area (Å²) in [4.78, 5) is 4.88. The number of hydrogen-bond acceptors (Lipinski definition) is 3. The van der Waals surface area contributed by atoms with E-state index in [1.807, 2.05) is 36.4 Å². The summed E-state index contributed by atoms with van der Waals surface area (Å²) in [6.45, 7) is 0.594. The molecule has 0 saturated carbocycles. The Morgan fingerprint density at radius 3 is 2.71 bits per heavy atom. The van der Waals surface area contributed by atoms with Crippen LogP contribution in [0.2, 0.25) is 0 Å². The molecule has 0 spiro atoms. The summed E-state index contributed by atoms with van der Waals surface area (Å²) in [6.07, 6.45) is 3.53. The van der Waals surface area contributed by atoms with Gasteiger partial charge in [0, 0.05) is 4.86 Å². The fourth-order valence-electron chi connectivity index (χ4n) is 1.15. The van der Waals surface area contributed by atoms with E-state index < -0.39 is 0 Å². The van der Waals surface area contributed by atoms with Crippen LogP contribution in [0, 0.1) is 0 Å². The number of dihydropyridines is 1. The largest absolute Gasteiger partial charge is 0.456 e. The fraction of sp³-hybridized carbons (Fsp3) is 0.0909. The van der Waals surface area contributed by atoms with E-state index in [1.54, 1.807) is 6.21 Å². The van der Waals surface area contributed by atoms with Gasteiger partial charge in [-0.15, -0.1) is 0 Å². The molecule has 2 rings (SSSR count). The highest BCUT2D eigenvalue weighted by Crippen LogP contribution is 2.13. The lowest BCUT2D eigenvalue weighted by Gasteiger charge is -2.08. The first kappa shape index (κ1) is 9.09. The molecule has 1 aliphatic heterocycles. The summed E-state index contributed by atoms with van der Waals surface area (Å²) in [5, 5.41) is 0. The molecule has 0 saturated heterocycles. The average molecular weight is 203 g/mol. The second kappa shape index (κ2) is 4.15. The quantitative estimate of drug-likeness (QED) is 0.688. The summed E-state index contributed by atoms with van der Waals surface area (Å²) < 4.78 is 5.55. The lowest BCUT2D eigenvalue weighted by molar-refractivity contribution is 0.457. The Balaban J connectivity index is 2.12. The number of rotatable bonds is 2. The Hall–Kier alpha value is -1.48. The van der Waals surface area contributed by atoms with Gasteiger partial charge in [-0.1, -0.05) is 30.4 Å². The first-order valence-corrected chi connectivity index (χ1v) is 4.73. The lowest BCUT2D eigenvalue weighted by Crippen LogP contribution is -2.08. The molecule has 0 bridgehead atoms. The van der Waals surface area contributed by atoms with Crippen molar-refractivity contribution >= 4 is 23.3 Å². The van der Waals surface area contributed by atoms with Gasteiger partial charge in [-0.3, -0.25) is 4.99 Å². The molecule has 1 aromatic rings. The summed E-state index contributed by atoms with van der Waals surface area (Å²) in [6, 6.07) is 9.59. The topological polar surface area (TPSA) is 21.6 Å². The van der Waals surface area contributed by atoms with E-state index in [4.69, 9.17) is 17.0 Å². The van der Waals surface area contributed by atoms with Crippen LogP contribution < -0.4 is 4.74 Å². The molecule has 0 aromatic heterocycles. The maximum Gasteiger partial charge on any atom is 0.146 e. The Kier molecular flexibility index (Phi) is 2.70. The Labute approximate surface area is 87.9 Å². The number of benzene rings is 1. The zero-order chi connectivity index (χ0) is 9.80. The van der Waals surface area contributed by atoms with Crippen molar-refractivity contribution in [2.24, 2.45) is 4.99 Å². The molecule has 0 atom stereocenters. The first-order valence-electron chi connectivity index (χ1n) is 4.32. The summed E-state index contributed by atoms with van der Waals surface area (Å²) in [5.41, 5.74) is 0. The van der Waals surface area contributed by atoms with Gasteiger partial charge >= 0.3 is 0 Å². The highest BCUT2D eigenvalue weighted by Gasteiger charge is 2.03. The van der Waals surface area contributed by atoms with Crippen molar-refractivity contribution in [1.82, 2.24) is 0 Å². The maximum atomic E-state index is 5.55. The number of hydrogen-bond donors (Lipinski definition) is 0. The summed E-state index contributed by atoms with van der Waals surface area (Å²) in [5.74, 6) is 1.50. The van der Waals surface area contributed by atoms with E-state index in [9.17, 15) is 0 Å². The summed E-state index contributed by atoms with van der Waals surface area (Å²) >= 11 is 5.03. The molecule has 0 radical (unpaired) electrons. The van der Waals surface area contributed by atoms with E-state index in [2.05, 4.69) is 4.99 Å². The number of allylic oxidation sites excluding steroid dienone is 1. The third-order valence-corrected chi connectivity index (χ3v) is 1.99. The van der Waals surface area contributed by atoms with Crippen LogP contribution in [-0.2, 0) is 0 Å². The number of ether oxygens (including phenoxy) is 1. The van der Waals surface area contributed by atoms with E-state index in [1.165, 1.54) is 0 Å². The van der Waals surface area contributed by atoms with E-state index >= 15 is 0 Å². The van der Waals surface area contributed by atoms with Crippen molar-refractivity contribution in [2.45, 2.75) is 0 Å². The maximum absolute atomic E-state index is 5.55. The monoisotopic (exact) mass is 203 g/mol. The van der Waals surface area contributed by atoms with Crippen molar-refractivity contribution in [3.8, 4) is 5.75 Å². The van der Waals surface area contributed by atoms with Gasteiger partial charge in [0.1, 0.15) is 11.5 Å². The molecule has 1 aliphatic rings. The molecule has 14 heavy (non-hydrogen) atoms. The van der Waals surface area contributed by atoms with Gasteiger partial charge in [0.25, 0.3) is 0 Å². The van der Waals surface area contributed by atoms with Crippen molar-refractivity contribution in [3.05, 3.63) is 42.2 Å². The van der Waals surface area contributed by atoms with E-state index in [0.717, 1.165) is 10.6 Å². The molecule has 1 aromatic carbocycles. The molecular weight excluding hydrogens is 194 g/mol. The minimum absolute atomic E-state index is 0.594. The van der Waals surface area contributed by atoms with Crippen LogP contribution in [0.5, 0.6) is 5.75 Å². The van der Waals surface area contributed by atoms with Crippen molar-refractivity contribution < 1.29 is 4.74 Å². The predicted octanol–water partition coefficient (Wildman–Crippen LogP) is 2.40. The van der Waals surface area contributed by atoms with Gasteiger partial charge in [0.2, 0.25) is 0 Å². The minimum atomic E-state index is 0.594. The SMILES string of the molecule is S=C1C=C(Oc2ccccc2)C=NC1. The van der Waals surface area contributed by atoms with E-state index in [-0.39, 0.29) is 0 Å². The number of nitrogens with zero attached hydrogens (tertiary/aromatic N) is 1. The van der Waals surface area contributed by atoms with Crippen LogP contribution in [0.1, 0.15) is 0 Å². The van der Waals surface area contributed by atoms with Crippen molar-refractivity contribution in [1.29, 1.82) is 0 Å². The fourth-order valence-corrected chi connectivity index (χ4v) is 1.34. The first-order chi connectivity index (χ1) is 6.84. The van der Waals surface area contributed by atoms with Crippen molar-refractivity contribution in [2.75, 3.05) is 6.54 Å². The number of thiocarbonyl (C=S) groups is 1. The highest BCUT2D eigenvalue weighted by atomic mass is 32.1. The zero-order valence-corrected chi connectivity index (χ0v) is 8.33. The third kappa shape index (κ3) is 2.26. The molecule has 0 unspecified atom stereocenters. The van der Waals surface area contributed by atoms with Crippen LogP contribution in [0.25, 0.3) is 0 Å². The van der Waals surface area contributed by atoms with Crippen LogP contribution in [0.15, 0.2) is 47.2 Å². The Bertz CT molecular complexity index is 395. The number of para-hydroxylation sites is 1. The second-order valence-electron chi connectivity index (χ2n) is 2.90. The molecule has 0 aliphatic carbocycles. The van der Waals surface area contributed by atoms with E-state index in [0.29, 0.717) is 12.3 Å². The standard InChI is InChI=1S/C11H9NOS/c14-11-6-10(7-12-8-11)13-9-4-2-1-3-5-9/h1-7H,8H2. The predicted molar refractivity (Wildman–Crippen MR) is 61.1 cm³/mol. The smallest absolute Gasteiger partial charge is 0.146 e. The van der Waals surface area contributed by atoms with Gasteiger partial charge in [0.15, 0.2) is 0 Å². The molecule has 3 heteroatoms. The zero-order valence-electron chi connectivity index (χ0n) is 7.51. The van der Waals surface area contributed by atoms with Crippen LogP contribution in [0.4, 0.5) is 0 Å². The Morgan fingerprint density at radius 2 is 2.00 bits per heavy atom. The normalized spacial score (nSPS) is 15.1. The Morgan fingerprint density at radius 1 is 1.21 bits per heavy atom. The molecule has 1 heterocycles. The second-order valence-corrected chi connectivity index (χ2v) is 3.42. The molecule has 0 fully saturated rings. The van der Waals surface area contributed by atoms with Gasteiger partial charge < -0.3 is 4.74 Å². The molecular formula is C11H9NOS. The van der Waals surface area contributed by atoms with Crippen LogP contribution in [0.3, 0.4) is 0 Å². The minimum Gasteiger partial charge on any atom is -0.456 e. The van der Waals surface area contributed by atoms with Crippen molar-refractivity contribution in [3.63, 3.8) is 0 Å². The van der Waals surface area contributed by atoms with Gasteiger partial charge in [0.05, 0.1) is 12.8 Å². The number of aliphatic imine (C=N–C) groups is 1. The molecule has 0 amide bonds. The van der Waals surface area contributed by atoms with Crippen LogP contribution >= 0.6 is 12.2 Å². The van der Waals surface area contributed by atoms with Gasteiger partial charge in [-0.25, -0.2) is 0 Å². The third-order valence-electron chi connectivity index (χ3n) is 1.75. The molecule has 2 nitrogen and oxygen atoms in total. The molecule has 0 N–H and O–H groups in total. The average Bonchev–Trinajstić information content (AvgIpc) is 2.19. The lowest BCUT2D eigenvalue weighted by atomic mass is 10.3. The highest BCUT2D eigenvalue weighted by molar-refractivity contribution is 7.80. The van der Waals surface area contributed by atoms with Gasteiger partial charge in [-0.05, 0) is 18.2 Å².